The highest BCUT2D eigenvalue weighted by atomic mass is 16.4. The Balaban J connectivity index is 1.68. The van der Waals surface area contributed by atoms with Crippen LogP contribution in [-0.4, -0.2) is 47.6 Å². The monoisotopic (exact) mass is 367 g/mol. The van der Waals surface area contributed by atoms with Gasteiger partial charge in [-0.2, -0.15) is 0 Å². The van der Waals surface area contributed by atoms with Gasteiger partial charge < -0.3 is 14.9 Å². The van der Waals surface area contributed by atoms with Gasteiger partial charge in [0.15, 0.2) is 0 Å². The summed E-state index contributed by atoms with van der Waals surface area (Å²) in [7, 11) is 2.25. The average molecular weight is 367 g/mol. The maximum atomic E-state index is 12.6. The molecule has 1 amide bonds. The molecule has 2 aromatic rings. The lowest BCUT2D eigenvalue weighted by Crippen LogP contribution is -2.42. The Hall–Kier alpha value is -2.66. The minimum Gasteiger partial charge on any atom is -0.480 e. The van der Waals surface area contributed by atoms with Crippen LogP contribution < -0.4 is 5.32 Å². The van der Waals surface area contributed by atoms with Crippen LogP contribution in [0, 0.1) is 0 Å². The quantitative estimate of drug-likeness (QED) is 0.740. The summed E-state index contributed by atoms with van der Waals surface area (Å²) in [6.07, 6.45) is 2.75. The zero-order chi connectivity index (χ0) is 19.3. The summed E-state index contributed by atoms with van der Waals surface area (Å²) in [5.41, 5.74) is 2.50. The Bertz CT molecular complexity index is 798. The molecule has 1 aliphatic rings. The summed E-state index contributed by atoms with van der Waals surface area (Å²) in [6.45, 7) is 3.22. The Morgan fingerprint density at radius 2 is 1.70 bits per heavy atom. The van der Waals surface area contributed by atoms with Gasteiger partial charge in [0.25, 0.3) is 5.91 Å². The Kier molecular flexibility index (Phi) is 5.91. The van der Waals surface area contributed by atoms with Crippen molar-refractivity contribution in [3.8, 4) is 0 Å². The molecule has 142 valence electrons. The number of quaternary nitrogens is 1. The van der Waals surface area contributed by atoms with Gasteiger partial charge in [-0.1, -0.05) is 42.5 Å². The van der Waals surface area contributed by atoms with Crippen LogP contribution in [0.2, 0.25) is 0 Å². The molecule has 1 heterocycles. The van der Waals surface area contributed by atoms with Gasteiger partial charge in [0.1, 0.15) is 12.6 Å². The van der Waals surface area contributed by atoms with Gasteiger partial charge >= 0.3 is 5.97 Å². The molecule has 1 atom stereocenters. The molecule has 0 unspecified atom stereocenters. The van der Waals surface area contributed by atoms with Crippen molar-refractivity contribution < 1.29 is 19.2 Å². The highest BCUT2D eigenvalue weighted by molar-refractivity contribution is 5.96. The van der Waals surface area contributed by atoms with Crippen LogP contribution in [0.1, 0.15) is 34.3 Å². The number of carbonyl (C=O) groups excluding carboxylic acids is 1. The molecule has 2 aromatic carbocycles. The molecule has 0 radical (unpaired) electrons. The highest BCUT2D eigenvalue weighted by Crippen LogP contribution is 2.21. The van der Waals surface area contributed by atoms with Crippen molar-refractivity contribution in [3.05, 3.63) is 71.3 Å². The van der Waals surface area contributed by atoms with Crippen LogP contribution in [0.4, 0.5) is 0 Å². The third-order valence-electron chi connectivity index (χ3n) is 5.29. The number of carbonyl (C=O) groups is 2. The van der Waals surface area contributed by atoms with Crippen LogP contribution >= 0.6 is 0 Å². The molecular weight excluding hydrogens is 340 g/mol. The molecule has 2 N–H and O–H groups in total. The van der Waals surface area contributed by atoms with Crippen molar-refractivity contribution in [1.29, 1.82) is 0 Å². The second-order valence-electron chi connectivity index (χ2n) is 7.69. The first-order chi connectivity index (χ1) is 13.0. The van der Waals surface area contributed by atoms with E-state index in [1.165, 1.54) is 12.8 Å². The summed E-state index contributed by atoms with van der Waals surface area (Å²) < 4.78 is 0.997. The Morgan fingerprint density at radius 3 is 2.37 bits per heavy atom. The lowest BCUT2D eigenvalue weighted by molar-refractivity contribution is -0.910. The third-order valence-corrected chi connectivity index (χ3v) is 5.29. The molecule has 0 spiro atoms. The fourth-order valence-corrected chi connectivity index (χ4v) is 3.80. The first-order valence-corrected chi connectivity index (χ1v) is 9.45. The summed E-state index contributed by atoms with van der Waals surface area (Å²) in [4.78, 5) is 24.2. The largest absolute Gasteiger partial charge is 0.480 e. The van der Waals surface area contributed by atoms with Crippen molar-refractivity contribution in [2.75, 3.05) is 20.1 Å². The van der Waals surface area contributed by atoms with Crippen molar-refractivity contribution in [1.82, 2.24) is 5.32 Å². The normalized spacial score (nSPS) is 16.6. The average Bonchev–Trinajstić information content (AvgIpc) is 3.08. The van der Waals surface area contributed by atoms with E-state index in [0.717, 1.165) is 35.2 Å². The van der Waals surface area contributed by atoms with E-state index in [2.05, 4.69) is 12.4 Å². The summed E-state index contributed by atoms with van der Waals surface area (Å²) >= 11 is 0. The summed E-state index contributed by atoms with van der Waals surface area (Å²) in [6, 6.07) is 15.9. The molecule has 0 saturated carbocycles. The molecule has 27 heavy (non-hydrogen) atoms. The molecule has 5 nitrogen and oxygen atoms in total. The second kappa shape index (κ2) is 8.35. The van der Waals surface area contributed by atoms with Crippen molar-refractivity contribution in [3.63, 3.8) is 0 Å². The van der Waals surface area contributed by atoms with Crippen LogP contribution in [0.5, 0.6) is 0 Å². The summed E-state index contributed by atoms with van der Waals surface area (Å²) in [5.74, 6) is -1.37. The number of likely N-dealkylation sites (tertiary alicyclic amines) is 1. The number of amides is 1. The van der Waals surface area contributed by atoms with Crippen molar-refractivity contribution in [2.24, 2.45) is 0 Å². The van der Waals surface area contributed by atoms with E-state index in [0.29, 0.717) is 5.56 Å². The van der Waals surface area contributed by atoms with Gasteiger partial charge in [-0.3, -0.25) is 4.79 Å². The molecule has 3 rings (SSSR count). The van der Waals surface area contributed by atoms with Gasteiger partial charge in [0.2, 0.25) is 0 Å². The minimum atomic E-state index is -1.03. The SMILES string of the molecule is C[N+]1(Cc2cccc(C(=O)N[C@@H](Cc3ccccc3)C(=O)O)c2)CCCC1. The van der Waals surface area contributed by atoms with Gasteiger partial charge in [-0.15, -0.1) is 0 Å². The maximum Gasteiger partial charge on any atom is 0.326 e. The number of benzene rings is 2. The fraction of sp³-hybridized carbons (Fsp3) is 0.364. The number of nitrogens with zero attached hydrogens (tertiary/aromatic N) is 1. The lowest BCUT2D eigenvalue weighted by atomic mass is 10.0. The molecule has 0 aliphatic carbocycles. The molecule has 1 saturated heterocycles. The lowest BCUT2D eigenvalue weighted by Gasteiger charge is -2.29. The Labute approximate surface area is 160 Å². The van der Waals surface area contributed by atoms with Gasteiger partial charge in [0.05, 0.1) is 20.1 Å². The van der Waals surface area contributed by atoms with E-state index in [4.69, 9.17) is 0 Å². The van der Waals surface area contributed by atoms with Crippen LogP contribution in [-0.2, 0) is 17.8 Å². The van der Waals surface area contributed by atoms with Crippen molar-refractivity contribution >= 4 is 11.9 Å². The zero-order valence-corrected chi connectivity index (χ0v) is 15.7. The van der Waals surface area contributed by atoms with Crippen LogP contribution in [0.3, 0.4) is 0 Å². The molecule has 1 fully saturated rings. The topological polar surface area (TPSA) is 66.4 Å². The molecule has 0 bridgehead atoms. The second-order valence-corrected chi connectivity index (χ2v) is 7.69. The van der Waals surface area contributed by atoms with E-state index >= 15 is 0 Å². The first kappa shape index (κ1) is 19.1. The molecule has 5 heteroatoms. The Morgan fingerprint density at radius 1 is 1.04 bits per heavy atom. The molecule has 0 aromatic heterocycles. The number of hydrogen-bond donors (Lipinski definition) is 2. The van der Waals surface area contributed by atoms with E-state index in [-0.39, 0.29) is 12.3 Å². The number of aliphatic carboxylic acids is 1. The van der Waals surface area contributed by atoms with Gasteiger partial charge in [0, 0.05) is 30.4 Å². The van der Waals surface area contributed by atoms with Gasteiger partial charge in [-0.05, 0) is 17.7 Å². The number of carboxylic acids is 1. The maximum absolute atomic E-state index is 12.6. The number of carboxylic acid groups (broad SMARTS) is 1. The number of hydrogen-bond acceptors (Lipinski definition) is 2. The fourth-order valence-electron chi connectivity index (χ4n) is 3.80. The third kappa shape index (κ3) is 5.17. The predicted octanol–water partition coefficient (Wildman–Crippen LogP) is 2.85. The number of rotatable bonds is 7. The minimum absolute atomic E-state index is 0.260. The van der Waals surface area contributed by atoms with E-state index in [1.54, 1.807) is 6.07 Å². The van der Waals surface area contributed by atoms with Crippen molar-refractivity contribution in [2.45, 2.75) is 31.8 Å². The van der Waals surface area contributed by atoms with Gasteiger partial charge in [-0.25, -0.2) is 4.79 Å². The van der Waals surface area contributed by atoms with E-state index < -0.39 is 12.0 Å². The van der Waals surface area contributed by atoms with E-state index in [9.17, 15) is 14.7 Å². The molecule has 1 aliphatic heterocycles. The molecular formula is C22H27N2O3+. The van der Waals surface area contributed by atoms with Crippen LogP contribution in [0.25, 0.3) is 0 Å². The standard InChI is InChI=1S/C22H26N2O3/c1-24(12-5-6-13-24)16-18-10-7-11-19(14-18)21(25)23-20(22(26)27)15-17-8-3-2-4-9-17/h2-4,7-11,14,20H,5-6,12-13,15-16H2,1H3,(H-,23,25,26,27)/p+1/t20-/m0/s1. The predicted molar refractivity (Wildman–Crippen MR) is 104 cm³/mol. The first-order valence-electron chi connectivity index (χ1n) is 9.45. The smallest absolute Gasteiger partial charge is 0.326 e. The van der Waals surface area contributed by atoms with E-state index in [1.807, 2.05) is 48.5 Å². The van der Waals surface area contributed by atoms with Crippen LogP contribution in [0.15, 0.2) is 54.6 Å². The summed E-state index contributed by atoms with van der Waals surface area (Å²) in [5, 5.41) is 12.2. The zero-order valence-electron chi connectivity index (χ0n) is 15.7. The number of nitrogens with one attached hydrogen (secondary N) is 1. The highest BCUT2D eigenvalue weighted by Gasteiger charge is 2.27.